The Hall–Kier alpha value is 1.16. The summed E-state index contributed by atoms with van der Waals surface area (Å²) in [7, 11) is 3.33. The zero-order chi connectivity index (χ0) is 16.7. The Morgan fingerprint density at radius 3 is 1.43 bits per heavy atom. The number of unbranched alkanes of at least 4 members (excludes halogenated alkanes) is 9. The molecule has 0 fully saturated rings. The minimum absolute atomic E-state index is 0. The van der Waals surface area contributed by atoms with Gasteiger partial charge in [-0.1, -0.05) is 105 Å². The van der Waals surface area contributed by atoms with Crippen LogP contribution in [0.15, 0.2) is 0 Å². The van der Waals surface area contributed by atoms with E-state index >= 15 is 0 Å². The summed E-state index contributed by atoms with van der Waals surface area (Å²) in [4.78, 5) is 0. The summed E-state index contributed by atoms with van der Waals surface area (Å²) in [6.45, 7) is 9.47. The topological polar surface area (TPSA) is 0 Å². The molecule has 2 heteroatoms. The van der Waals surface area contributed by atoms with E-state index < -0.39 is 0 Å². The van der Waals surface area contributed by atoms with Crippen molar-refractivity contribution in [3.05, 3.63) is 0 Å². The Labute approximate surface area is 168 Å². The van der Waals surface area contributed by atoms with E-state index in [1.807, 2.05) is 0 Å². The van der Waals surface area contributed by atoms with Crippen molar-refractivity contribution >= 4 is 33.2 Å². The zero-order valence-corrected chi connectivity index (χ0v) is 20.2. The van der Waals surface area contributed by atoms with E-state index in [2.05, 4.69) is 36.9 Å². The Morgan fingerprint density at radius 1 is 0.652 bits per heavy atom. The highest BCUT2D eigenvalue weighted by atomic mass is 127. The van der Waals surface area contributed by atoms with Crippen molar-refractivity contribution in [2.24, 2.45) is 5.92 Å². The third-order valence-corrected chi connectivity index (χ3v) is 6.61. The van der Waals surface area contributed by atoms with E-state index in [4.69, 9.17) is 0 Å². The molecule has 0 aliphatic carbocycles. The van der Waals surface area contributed by atoms with Crippen LogP contribution < -0.4 is 0 Å². The molecule has 0 radical (unpaired) electrons. The molecule has 0 saturated heterocycles. The fourth-order valence-corrected chi connectivity index (χ4v) is 4.12. The first-order valence-corrected chi connectivity index (χ1v) is 11.0. The molecule has 23 heavy (non-hydrogen) atoms. The number of hydrogen-bond donors (Lipinski definition) is 0. The van der Waals surface area contributed by atoms with E-state index in [0.29, 0.717) is 5.16 Å². The van der Waals surface area contributed by atoms with Crippen LogP contribution in [0.2, 0.25) is 0 Å². The molecule has 2 atom stereocenters. The van der Waals surface area contributed by atoms with Gasteiger partial charge in [0, 0.05) is 0 Å². The van der Waals surface area contributed by atoms with E-state index in [-0.39, 0.29) is 24.0 Å². The van der Waals surface area contributed by atoms with Crippen molar-refractivity contribution in [2.45, 2.75) is 129 Å². The third-order valence-electron chi connectivity index (χ3n) is 5.46. The first-order chi connectivity index (χ1) is 10.6. The lowest BCUT2D eigenvalue weighted by atomic mass is 9.80. The van der Waals surface area contributed by atoms with Crippen LogP contribution in [0, 0.1) is 5.92 Å². The molecule has 0 aliphatic rings. The van der Waals surface area contributed by atoms with Gasteiger partial charge in [-0.3, -0.25) is 0 Å². The predicted molar refractivity (Wildman–Crippen MR) is 123 cm³/mol. The molecule has 0 amide bonds. The molecular formula is C21H46IP. The molecule has 0 aromatic heterocycles. The van der Waals surface area contributed by atoms with Gasteiger partial charge in [-0.2, -0.15) is 0 Å². The Balaban J connectivity index is 0. The highest BCUT2D eigenvalue weighted by Crippen LogP contribution is 2.41. The lowest BCUT2D eigenvalue weighted by Crippen LogP contribution is -2.29. The highest BCUT2D eigenvalue weighted by molar-refractivity contribution is 14.0. The summed E-state index contributed by atoms with van der Waals surface area (Å²) < 4.78 is 0. The number of hydrogen-bond acceptors (Lipinski definition) is 0. The van der Waals surface area contributed by atoms with Crippen LogP contribution in [0.3, 0.4) is 0 Å². The number of halogens is 1. The molecule has 0 rings (SSSR count). The zero-order valence-electron chi connectivity index (χ0n) is 16.7. The van der Waals surface area contributed by atoms with Gasteiger partial charge in [0.05, 0.1) is 0 Å². The van der Waals surface area contributed by atoms with Gasteiger partial charge < -0.3 is 0 Å². The fraction of sp³-hybridized carbons (Fsp3) is 1.00. The van der Waals surface area contributed by atoms with Crippen LogP contribution in [0.25, 0.3) is 0 Å². The lowest BCUT2D eigenvalue weighted by Gasteiger charge is -2.36. The van der Waals surface area contributed by atoms with E-state index in [9.17, 15) is 0 Å². The third kappa shape index (κ3) is 14.1. The Kier molecular flexibility index (Phi) is 20.6. The summed E-state index contributed by atoms with van der Waals surface area (Å²) in [6.07, 6.45) is 21.2. The molecule has 0 spiro atoms. The van der Waals surface area contributed by atoms with Gasteiger partial charge in [0.15, 0.2) is 0 Å². The molecule has 0 bridgehead atoms. The summed E-state index contributed by atoms with van der Waals surface area (Å²) in [5.41, 5.74) is 0. The van der Waals surface area contributed by atoms with Crippen molar-refractivity contribution in [1.29, 1.82) is 0 Å². The predicted octanol–water partition coefficient (Wildman–Crippen LogP) is 8.77. The average molecular weight is 456 g/mol. The van der Waals surface area contributed by atoms with Gasteiger partial charge in [0.1, 0.15) is 0 Å². The van der Waals surface area contributed by atoms with Crippen molar-refractivity contribution < 1.29 is 0 Å². The molecule has 0 nitrogen and oxygen atoms in total. The minimum atomic E-state index is 0. The van der Waals surface area contributed by atoms with E-state index in [1.165, 1.54) is 96.3 Å². The molecule has 0 aromatic carbocycles. The second-order valence-corrected chi connectivity index (χ2v) is 8.75. The van der Waals surface area contributed by atoms with Gasteiger partial charge in [-0.15, -0.1) is 33.2 Å². The van der Waals surface area contributed by atoms with Crippen LogP contribution in [-0.4, -0.2) is 5.16 Å². The molecule has 0 heterocycles. The van der Waals surface area contributed by atoms with Gasteiger partial charge >= 0.3 is 0 Å². The van der Waals surface area contributed by atoms with Gasteiger partial charge in [0.2, 0.25) is 0 Å². The smallest absolute Gasteiger partial charge is 0.0125 e. The van der Waals surface area contributed by atoms with Crippen LogP contribution >= 0.6 is 33.2 Å². The Morgan fingerprint density at radius 2 is 1.04 bits per heavy atom. The van der Waals surface area contributed by atoms with Gasteiger partial charge in [0.25, 0.3) is 0 Å². The molecular weight excluding hydrogens is 410 g/mol. The maximum atomic E-state index is 3.33. The molecule has 2 unspecified atom stereocenters. The maximum Gasteiger partial charge on any atom is -0.0125 e. The molecule has 0 saturated carbocycles. The van der Waals surface area contributed by atoms with Gasteiger partial charge in [-0.25, -0.2) is 0 Å². The summed E-state index contributed by atoms with van der Waals surface area (Å²) in [5.74, 6) is 0.873. The van der Waals surface area contributed by atoms with E-state index in [1.54, 1.807) is 0 Å². The average Bonchev–Trinajstić information content (AvgIpc) is 2.52. The first kappa shape index (κ1) is 26.4. The first-order valence-electron chi connectivity index (χ1n) is 10.4. The van der Waals surface area contributed by atoms with Crippen molar-refractivity contribution in [3.63, 3.8) is 0 Å². The summed E-state index contributed by atoms with van der Waals surface area (Å²) >= 11 is 0. The lowest BCUT2D eigenvalue weighted by molar-refractivity contribution is 0.312. The second-order valence-electron chi connectivity index (χ2n) is 7.60. The maximum absolute atomic E-state index is 3.33. The number of rotatable bonds is 16. The van der Waals surface area contributed by atoms with Crippen molar-refractivity contribution in [2.75, 3.05) is 0 Å². The molecule has 0 aromatic rings. The van der Waals surface area contributed by atoms with Crippen LogP contribution in [0.5, 0.6) is 0 Å². The quantitative estimate of drug-likeness (QED) is 0.124. The van der Waals surface area contributed by atoms with Crippen molar-refractivity contribution in [3.8, 4) is 0 Å². The standard InChI is InChI=1S/C21H45P.HI/c1-5-8-11-14-17-20(4)21(22,18-15-12-9-6-2)19-16-13-10-7-3;/h20H,5-19,22H2,1-4H3;1H. The highest BCUT2D eigenvalue weighted by Gasteiger charge is 2.29. The SMILES string of the molecule is CCCCCCC(C)C(P)(CCCCCC)CCCCCC.I. The monoisotopic (exact) mass is 456 g/mol. The summed E-state index contributed by atoms with van der Waals surface area (Å²) in [6, 6.07) is 0. The molecule has 0 aliphatic heterocycles. The van der Waals surface area contributed by atoms with Crippen molar-refractivity contribution in [1.82, 2.24) is 0 Å². The molecule has 142 valence electrons. The largest absolute Gasteiger partial charge is 0.131 e. The second kappa shape index (κ2) is 18.0. The van der Waals surface area contributed by atoms with Crippen LogP contribution in [0.1, 0.15) is 124 Å². The minimum Gasteiger partial charge on any atom is -0.131 e. The Bertz CT molecular complexity index is 218. The van der Waals surface area contributed by atoms with E-state index in [0.717, 1.165) is 5.92 Å². The summed E-state index contributed by atoms with van der Waals surface area (Å²) in [5, 5.41) is 0.522. The van der Waals surface area contributed by atoms with Gasteiger partial charge in [-0.05, 0) is 30.3 Å². The fourth-order valence-electron chi connectivity index (χ4n) is 3.54. The van der Waals surface area contributed by atoms with Crippen LogP contribution in [-0.2, 0) is 0 Å². The normalized spacial score (nSPS) is 12.9. The van der Waals surface area contributed by atoms with Crippen LogP contribution in [0.4, 0.5) is 0 Å². The molecule has 0 N–H and O–H groups in total.